The van der Waals surface area contributed by atoms with Crippen LogP contribution in [-0.4, -0.2) is 41.8 Å². The minimum atomic E-state index is -3.99. The van der Waals surface area contributed by atoms with Crippen molar-refractivity contribution in [3.63, 3.8) is 0 Å². The monoisotopic (exact) mass is 553 g/mol. The lowest BCUT2D eigenvalue weighted by Gasteiger charge is -2.31. The SMILES string of the molecule is COc1ccc2c(c1)c(-c1cc3c(ncc4cnc(C)n43)n1COP(=O)(OC(C)(C)C)OC(C)(C)C)cn2C. The molecule has 11 heteroatoms. The van der Waals surface area contributed by atoms with Crippen molar-refractivity contribution in [2.75, 3.05) is 7.11 Å². The van der Waals surface area contributed by atoms with Crippen molar-refractivity contribution >= 4 is 35.4 Å². The highest BCUT2D eigenvalue weighted by Crippen LogP contribution is 2.56. The van der Waals surface area contributed by atoms with Crippen LogP contribution < -0.4 is 4.74 Å². The van der Waals surface area contributed by atoms with Gasteiger partial charge in [0.05, 0.1) is 47.4 Å². The van der Waals surface area contributed by atoms with Gasteiger partial charge in [-0.2, -0.15) is 0 Å². The Hall–Kier alpha value is -3.17. The molecule has 5 rings (SSSR count). The molecule has 0 aliphatic heterocycles. The molecule has 10 nitrogen and oxygen atoms in total. The lowest BCUT2D eigenvalue weighted by atomic mass is 10.1. The van der Waals surface area contributed by atoms with Crippen LogP contribution >= 0.6 is 7.82 Å². The molecule has 0 radical (unpaired) electrons. The average Bonchev–Trinajstić information content (AvgIpc) is 3.47. The van der Waals surface area contributed by atoms with E-state index < -0.39 is 19.0 Å². The third-order valence-corrected chi connectivity index (χ3v) is 8.14. The number of hydrogen-bond acceptors (Lipinski definition) is 7. The number of ether oxygens (including phenoxy) is 1. The summed E-state index contributed by atoms with van der Waals surface area (Å²) in [5, 5.41) is 1.000. The van der Waals surface area contributed by atoms with Gasteiger partial charge < -0.3 is 9.30 Å². The minimum absolute atomic E-state index is 0.116. The zero-order valence-electron chi connectivity index (χ0n) is 24.0. The van der Waals surface area contributed by atoms with E-state index in [1.54, 1.807) is 19.5 Å². The first-order valence-corrected chi connectivity index (χ1v) is 14.3. The highest BCUT2D eigenvalue weighted by Gasteiger charge is 2.37. The lowest BCUT2D eigenvalue weighted by molar-refractivity contribution is -0.00549. The average molecular weight is 554 g/mol. The second kappa shape index (κ2) is 9.48. The summed E-state index contributed by atoms with van der Waals surface area (Å²) >= 11 is 0. The zero-order chi connectivity index (χ0) is 28.3. The maximum absolute atomic E-state index is 13.9. The van der Waals surface area contributed by atoms with E-state index in [4.69, 9.17) is 23.3 Å². The van der Waals surface area contributed by atoms with Crippen molar-refractivity contribution in [1.29, 1.82) is 0 Å². The second-order valence-corrected chi connectivity index (χ2v) is 13.2. The largest absolute Gasteiger partial charge is 0.497 e. The molecule has 39 heavy (non-hydrogen) atoms. The lowest BCUT2D eigenvalue weighted by Crippen LogP contribution is -2.25. The van der Waals surface area contributed by atoms with Crippen LogP contribution in [-0.2, 0) is 31.9 Å². The summed E-state index contributed by atoms with van der Waals surface area (Å²) in [6.45, 7) is 12.7. The molecule has 0 atom stereocenters. The maximum Gasteiger partial charge on any atom is 0.477 e. The molecule has 0 saturated carbocycles. The molecular weight excluding hydrogens is 517 g/mol. The van der Waals surface area contributed by atoms with Gasteiger partial charge in [-0.3, -0.25) is 22.5 Å². The molecule has 4 aromatic heterocycles. The van der Waals surface area contributed by atoms with Crippen LogP contribution in [0, 0.1) is 6.92 Å². The van der Waals surface area contributed by atoms with Crippen molar-refractivity contribution in [2.24, 2.45) is 7.05 Å². The van der Waals surface area contributed by atoms with Gasteiger partial charge in [0.1, 0.15) is 18.3 Å². The third-order valence-electron chi connectivity index (χ3n) is 6.16. The molecule has 0 aliphatic rings. The Bertz CT molecular complexity index is 1710. The summed E-state index contributed by atoms with van der Waals surface area (Å²) in [6.07, 6.45) is 5.62. The molecule has 0 spiro atoms. The van der Waals surface area contributed by atoms with Gasteiger partial charge in [-0.05, 0) is 72.7 Å². The quantitative estimate of drug-likeness (QED) is 0.203. The van der Waals surface area contributed by atoms with Gasteiger partial charge in [-0.15, -0.1) is 0 Å². The Morgan fingerprint density at radius 2 is 1.62 bits per heavy atom. The van der Waals surface area contributed by atoms with Gasteiger partial charge in [0.15, 0.2) is 5.65 Å². The summed E-state index contributed by atoms with van der Waals surface area (Å²) in [7, 11) is -0.334. The number of methoxy groups -OCH3 is 1. The molecule has 0 saturated heterocycles. The topological polar surface area (TPSA) is 94.0 Å². The molecule has 0 N–H and O–H groups in total. The Labute approximate surface area is 228 Å². The van der Waals surface area contributed by atoms with E-state index in [1.165, 1.54) is 0 Å². The number of aromatic nitrogens is 5. The number of phosphoric ester groups is 1. The van der Waals surface area contributed by atoms with Crippen LogP contribution in [0.5, 0.6) is 5.75 Å². The number of hydrogen-bond donors (Lipinski definition) is 0. The Morgan fingerprint density at radius 3 is 2.26 bits per heavy atom. The van der Waals surface area contributed by atoms with E-state index in [0.717, 1.165) is 44.8 Å². The Morgan fingerprint density at radius 1 is 0.949 bits per heavy atom. The molecule has 0 aliphatic carbocycles. The van der Waals surface area contributed by atoms with Crippen LogP contribution in [0.25, 0.3) is 38.8 Å². The number of benzene rings is 1. The number of fused-ring (bicyclic) bond motifs is 4. The normalized spacial score (nSPS) is 13.3. The molecule has 5 aromatic rings. The predicted molar refractivity (Wildman–Crippen MR) is 152 cm³/mol. The van der Waals surface area contributed by atoms with Crippen LogP contribution in [0.4, 0.5) is 0 Å². The van der Waals surface area contributed by atoms with E-state index in [1.807, 2.05) is 82.7 Å². The van der Waals surface area contributed by atoms with Crippen LogP contribution in [0.1, 0.15) is 47.4 Å². The van der Waals surface area contributed by atoms with E-state index in [0.29, 0.717) is 5.65 Å². The number of aryl methyl sites for hydroxylation is 2. The fourth-order valence-electron chi connectivity index (χ4n) is 4.75. The summed E-state index contributed by atoms with van der Waals surface area (Å²) in [5.74, 6) is 1.58. The van der Waals surface area contributed by atoms with Crippen LogP contribution in [0.3, 0.4) is 0 Å². The summed E-state index contributed by atoms with van der Waals surface area (Å²) < 4.78 is 43.3. The molecule has 0 unspecified atom stereocenters. The van der Waals surface area contributed by atoms with Crippen LogP contribution in [0.15, 0.2) is 42.9 Å². The van der Waals surface area contributed by atoms with E-state index in [-0.39, 0.29) is 6.73 Å². The van der Waals surface area contributed by atoms with E-state index >= 15 is 0 Å². The molecule has 0 amide bonds. The molecule has 208 valence electrons. The molecular formula is C28H36N5O5P. The first kappa shape index (κ1) is 27.4. The fourth-order valence-corrected chi connectivity index (χ4v) is 6.49. The van der Waals surface area contributed by atoms with Crippen LogP contribution in [0.2, 0.25) is 0 Å². The maximum atomic E-state index is 13.9. The van der Waals surface area contributed by atoms with E-state index in [2.05, 4.69) is 21.8 Å². The summed E-state index contributed by atoms with van der Waals surface area (Å²) in [5.41, 5.74) is 3.68. The smallest absolute Gasteiger partial charge is 0.477 e. The molecule has 0 bridgehead atoms. The highest BCUT2D eigenvalue weighted by molar-refractivity contribution is 7.48. The fraction of sp³-hybridized carbons (Fsp3) is 0.429. The Kier molecular flexibility index (Phi) is 6.66. The highest BCUT2D eigenvalue weighted by atomic mass is 31.2. The predicted octanol–water partition coefficient (Wildman–Crippen LogP) is 6.87. The van der Waals surface area contributed by atoms with Gasteiger partial charge in [0, 0.05) is 29.7 Å². The van der Waals surface area contributed by atoms with Gasteiger partial charge in [0.2, 0.25) is 0 Å². The molecule has 4 heterocycles. The number of phosphoric acid groups is 1. The van der Waals surface area contributed by atoms with Gasteiger partial charge in [0.25, 0.3) is 0 Å². The zero-order valence-corrected chi connectivity index (χ0v) is 24.9. The number of nitrogens with zero attached hydrogens (tertiary/aromatic N) is 5. The van der Waals surface area contributed by atoms with Crippen molar-refractivity contribution in [3.8, 4) is 17.0 Å². The van der Waals surface area contributed by atoms with Gasteiger partial charge in [-0.1, -0.05) is 0 Å². The number of imidazole rings is 1. The second-order valence-electron chi connectivity index (χ2n) is 11.6. The van der Waals surface area contributed by atoms with E-state index in [9.17, 15) is 4.57 Å². The molecule has 0 fully saturated rings. The first-order chi connectivity index (χ1) is 18.2. The minimum Gasteiger partial charge on any atom is -0.497 e. The summed E-state index contributed by atoms with van der Waals surface area (Å²) in [6, 6.07) is 8.03. The number of rotatable bonds is 7. The van der Waals surface area contributed by atoms with Gasteiger partial charge in [-0.25, -0.2) is 14.5 Å². The summed E-state index contributed by atoms with van der Waals surface area (Å²) in [4.78, 5) is 9.24. The molecule has 1 aromatic carbocycles. The van der Waals surface area contributed by atoms with Crippen molar-refractivity contribution in [2.45, 2.75) is 66.4 Å². The van der Waals surface area contributed by atoms with Crippen molar-refractivity contribution in [3.05, 3.63) is 48.7 Å². The third kappa shape index (κ3) is 5.34. The standard InChI is InChI=1S/C28H36N5O5P/c1-18-29-14-19-15-30-26-25(33(18)19)13-24(22-16-31(8)23-11-10-20(35-9)12-21(22)23)32(26)17-36-39(34,37-27(2,3)4)38-28(5,6)7/h10-16H,17H2,1-9H3. The van der Waals surface area contributed by atoms with Crippen molar-refractivity contribution in [1.82, 2.24) is 23.5 Å². The van der Waals surface area contributed by atoms with Crippen molar-refractivity contribution < 1.29 is 22.9 Å². The first-order valence-electron chi connectivity index (χ1n) is 12.8. The van der Waals surface area contributed by atoms with Gasteiger partial charge >= 0.3 is 7.82 Å². The Balaban J connectivity index is 1.71.